The number of primary amides is 1. The molecule has 1 aromatic rings. The minimum Gasteiger partial charge on any atom is -0.381 e. The third-order valence-electron chi connectivity index (χ3n) is 3.67. The molecule has 1 aromatic carbocycles. The summed E-state index contributed by atoms with van der Waals surface area (Å²) in [5.74, 6) is -0.0772. The topological polar surface area (TPSA) is 78.3 Å². The zero-order valence-corrected chi connectivity index (χ0v) is 10.4. The van der Waals surface area contributed by atoms with Crippen molar-refractivity contribution in [3.8, 4) is 0 Å². The van der Waals surface area contributed by atoms with Crippen LogP contribution in [0.4, 0.5) is 0 Å². The molecule has 0 aromatic heterocycles. The Morgan fingerprint density at radius 2 is 1.83 bits per heavy atom. The molecule has 2 rings (SSSR count). The van der Waals surface area contributed by atoms with Crippen LogP contribution in [0.25, 0.3) is 0 Å². The molecule has 18 heavy (non-hydrogen) atoms. The highest BCUT2D eigenvalue weighted by atomic mass is 16.5. The highest BCUT2D eigenvalue weighted by molar-refractivity contribution is 5.80. The first-order valence-corrected chi connectivity index (χ1v) is 6.37. The standard InChI is InChI=1S/C14H20N2O2/c15-13(14(16)17)12(10-4-2-1-3-5-10)11-6-8-18-9-7-11/h1-5,11-13H,6-9,15H2,(H2,16,17)/t12?,13-/m0/s1. The molecule has 1 amide bonds. The molecule has 1 aliphatic rings. The van der Waals surface area contributed by atoms with Crippen molar-refractivity contribution in [3.63, 3.8) is 0 Å². The second kappa shape index (κ2) is 5.98. The molecule has 1 saturated heterocycles. The molecule has 4 N–H and O–H groups in total. The first kappa shape index (κ1) is 13.1. The highest BCUT2D eigenvalue weighted by Crippen LogP contribution is 2.34. The van der Waals surface area contributed by atoms with Crippen LogP contribution in [-0.4, -0.2) is 25.2 Å². The van der Waals surface area contributed by atoms with E-state index in [1.807, 2.05) is 30.3 Å². The molecule has 1 unspecified atom stereocenters. The van der Waals surface area contributed by atoms with Gasteiger partial charge in [0.05, 0.1) is 6.04 Å². The molecule has 1 fully saturated rings. The fourth-order valence-corrected chi connectivity index (χ4v) is 2.70. The van der Waals surface area contributed by atoms with Gasteiger partial charge in [-0.3, -0.25) is 4.79 Å². The molecule has 0 spiro atoms. The van der Waals surface area contributed by atoms with Crippen LogP contribution in [-0.2, 0) is 9.53 Å². The number of ether oxygens (including phenoxy) is 1. The Balaban J connectivity index is 2.25. The van der Waals surface area contributed by atoms with Gasteiger partial charge in [-0.1, -0.05) is 30.3 Å². The maximum Gasteiger partial charge on any atom is 0.234 e. The third-order valence-corrected chi connectivity index (χ3v) is 3.67. The van der Waals surface area contributed by atoms with Crippen molar-refractivity contribution < 1.29 is 9.53 Å². The molecule has 0 aliphatic carbocycles. The van der Waals surface area contributed by atoms with Crippen molar-refractivity contribution in [2.24, 2.45) is 17.4 Å². The lowest BCUT2D eigenvalue weighted by Gasteiger charge is -2.33. The number of rotatable bonds is 4. The van der Waals surface area contributed by atoms with Gasteiger partial charge in [-0.15, -0.1) is 0 Å². The molecule has 4 heteroatoms. The highest BCUT2D eigenvalue weighted by Gasteiger charge is 2.32. The average Bonchev–Trinajstić information content (AvgIpc) is 2.41. The first-order chi connectivity index (χ1) is 8.70. The van der Waals surface area contributed by atoms with E-state index >= 15 is 0 Å². The van der Waals surface area contributed by atoms with Crippen molar-refractivity contribution in [3.05, 3.63) is 35.9 Å². The molecule has 1 aliphatic heterocycles. The van der Waals surface area contributed by atoms with Crippen molar-refractivity contribution in [1.82, 2.24) is 0 Å². The Hall–Kier alpha value is -1.39. The summed E-state index contributed by atoms with van der Waals surface area (Å²) in [7, 11) is 0. The van der Waals surface area contributed by atoms with E-state index < -0.39 is 11.9 Å². The quantitative estimate of drug-likeness (QED) is 0.834. The summed E-state index contributed by atoms with van der Waals surface area (Å²) in [5, 5.41) is 0. The minimum atomic E-state index is -0.629. The van der Waals surface area contributed by atoms with Crippen LogP contribution in [0.1, 0.15) is 24.3 Å². The summed E-state index contributed by atoms with van der Waals surface area (Å²) in [4.78, 5) is 11.4. The van der Waals surface area contributed by atoms with Gasteiger partial charge in [0, 0.05) is 19.1 Å². The molecule has 0 radical (unpaired) electrons. The number of hydrogen-bond donors (Lipinski definition) is 2. The molecule has 0 bridgehead atoms. The maximum absolute atomic E-state index is 11.4. The van der Waals surface area contributed by atoms with Crippen LogP contribution in [0.15, 0.2) is 30.3 Å². The van der Waals surface area contributed by atoms with Crippen molar-refractivity contribution in [2.75, 3.05) is 13.2 Å². The lowest BCUT2D eigenvalue weighted by Crippen LogP contribution is -2.45. The van der Waals surface area contributed by atoms with Crippen LogP contribution in [0.3, 0.4) is 0 Å². The minimum absolute atomic E-state index is 0.00685. The fraction of sp³-hybridized carbons (Fsp3) is 0.500. The number of amides is 1. The SMILES string of the molecule is NC(=O)[C@@H](N)C(c1ccccc1)C1CCOCC1. The normalized spacial score (nSPS) is 20.3. The summed E-state index contributed by atoms with van der Waals surface area (Å²) >= 11 is 0. The summed E-state index contributed by atoms with van der Waals surface area (Å²) in [6.45, 7) is 1.47. The first-order valence-electron chi connectivity index (χ1n) is 6.37. The van der Waals surface area contributed by atoms with Gasteiger partial charge in [0.1, 0.15) is 0 Å². The molecule has 2 atom stereocenters. The second-order valence-electron chi connectivity index (χ2n) is 4.81. The van der Waals surface area contributed by atoms with E-state index in [9.17, 15) is 4.79 Å². The molecular formula is C14H20N2O2. The van der Waals surface area contributed by atoms with Gasteiger partial charge in [0.25, 0.3) is 0 Å². The Morgan fingerprint density at radius 3 is 2.39 bits per heavy atom. The number of hydrogen-bond acceptors (Lipinski definition) is 3. The van der Waals surface area contributed by atoms with E-state index in [-0.39, 0.29) is 5.92 Å². The monoisotopic (exact) mass is 248 g/mol. The summed E-state index contributed by atoms with van der Waals surface area (Å²) in [6, 6.07) is 9.30. The van der Waals surface area contributed by atoms with Crippen LogP contribution in [0.5, 0.6) is 0 Å². The summed E-state index contributed by atoms with van der Waals surface area (Å²) in [5.41, 5.74) is 12.5. The smallest absolute Gasteiger partial charge is 0.234 e. The fourth-order valence-electron chi connectivity index (χ4n) is 2.70. The molecule has 1 heterocycles. The molecule has 98 valence electrons. The summed E-state index contributed by atoms with van der Waals surface area (Å²) in [6.07, 6.45) is 1.86. The van der Waals surface area contributed by atoms with Gasteiger partial charge in [-0.2, -0.15) is 0 Å². The lowest BCUT2D eigenvalue weighted by atomic mass is 9.77. The lowest BCUT2D eigenvalue weighted by molar-refractivity contribution is -0.120. The predicted octanol–water partition coefficient (Wildman–Crippen LogP) is 1.01. The Kier molecular flexibility index (Phi) is 4.33. The summed E-state index contributed by atoms with van der Waals surface area (Å²) < 4.78 is 5.37. The Labute approximate surface area is 107 Å². The second-order valence-corrected chi connectivity index (χ2v) is 4.81. The number of carbonyl (C=O) groups is 1. The van der Waals surface area contributed by atoms with E-state index in [4.69, 9.17) is 16.2 Å². The number of nitrogens with two attached hydrogens (primary N) is 2. The molecular weight excluding hydrogens is 228 g/mol. The predicted molar refractivity (Wildman–Crippen MR) is 69.9 cm³/mol. The Bertz CT molecular complexity index is 388. The third kappa shape index (κ3) is 2.89. The Morgan fingerprint density at radius 1 is 1.22 bits per heavy atom. The molecule has 4 nitrogen and oxygen atoms in total. The van der Waals surface area contributed by atoms with Crippen molar-refractivity contribution >= 4 is 5.91 Å². The van der Waals surface area contributed by atoms with Gasteiger partial charge in [0.15, 0.2) is 0 Å². The van der Waals surface area contributed by atoms with Crippen molar-refractivity contribution in [2.45, 2.75) is 24.8 Å². The van der Waals surface area contributed by atoms with Crippen LogP contribution < -0.4 is 11.5 Å². The zero-order chi connectivity index (χ0) is 13.0. The van der Waals surface area contributed by atoms with Crippen LogP contribution in [0.2, 0.25) is 0 Å². The molecule has 0 saturated carbocycles. The van der Waals surface area contributed by atoms with Crippen molar-refractivity contribution in [1.29, 1.82) is 0 Å². The number of benzene rings is 1. The van der Waals surface area contributed by atoms with E-state index in [1.165, 1.54) is 0 Å². The van der Waals surface area contributed by atoms with Gasteiger partial charge in [-0.05, 0) is 24.3 Å². The van der Waals surface area contributed by atoms with Gasteiger partial charge in [-0.25, -0.2) is 0 Å². The van der Waals surface area contributed by atoms with Gasteiger partial charge < -0.3 is 16.2 Å². The van der Waals surface area contributed by atoms with Gasteiger partial charge in [0.2, 0.25) is 5.91 Å². The van der Waals surface area contributed by atoms with E-state index in [0.29, 0.717) is 5.92 Å². The van der Waals surface area contributed by atoms with E-state index in [2.05, 4.69) is 0 Å². The average molecular weight is 248 g/mol. The van der Waals surface area contributed by atoms with Gasteiger partial charge >= 0.3 is 0 Å². The number of carbonyl (C=O) groups excluding carboxylic acids is 1. The van der Waals surface area contributed by atoms with E-state index in [0.717, 1.165) is 31.6 Å². The largest absolute Gasteiger partial charge is 0.381 e. The van der Waals surface area contributed by atoms with Crippen LogP contribution >= 0.6 is 0 Å². The zero-order valence-electron chi connectivity index (χ0n) is 10.4. The maximum atomic E-state index is 11.4. The van der Waals surface area contributed by atoms with Crippen LogP contribution in [0, 0.1) is 5.92 Å². The van der Waals surface area contributed by atoms with E-state index in [1.54, 1.807) is 0 Å².